The van der Waals surface area contributed by atoms with Crippen LogP contribution in [0.1, 0.15) is 11.1 Å². The normalized spacial score (nSPS) is 13.4. The van der Waals surface area contributed by atoms with Crippen LogP contribution >= 0.6 is 0 Å². The fourth-order valence-electron chi connectivity index (χ4n) is 2.01. The van der Waals surface area contributed by atoms with Gasteiger partial charge in [0, 0.05) is 0 Å². The summed E-state index contributed by atoms with van der Waals surface area (Å²) in [6, 6.07) is 11.1. The molecule has 0 N–H and O–H groups in total. The lowest BCUT2D eigenvalue weighted by Crippen LogP contribution is -2.25. The summed E-state index contributed by atoms with van der Waals surface area (Å²) in [5.41, 5.74) is -9.67. The Morgan fingerprint density at radius 3 is 1.07 bits per heavy atom. The van der Waals surface area contributed by atoms with E-state index in [1.54, 1.807) is 0 Å². The molecule has 30 heavy (non-hydrogen) atoms. The van der Waals surface area contributed by atoms with Gasteiger partial charge in [0.05, 0.1) is 13.2 Å². The van der Waals surface area contributed by atoms with Gasteiger partial charge in [-0.15, -0.1) is 0 Å². The average molecular weight is 478 g/mol. The predicted octanol–water partition coefficient (Wildman–Crippen LogP) is 4.09. The van der Waals surface area contributed by atoms with Crippen molar-refractivity contribution in [3.05, 3.63) is 59.7 Å². The Labute approximate surface area is 167 Å². The van der Waals surface area contributed by atoms with Crippen molar-refractivity contribution >= 4 is 20.2 Å². The van der Waals surface area contributed by atoms with E-state index in [0.29, 0.717) is 11.1 Å². The molecular weight excluding hydrogens is 466 g/mol. The molecule has 0 aliphatic carbocycles. The van der Waals surface area contributed by atoms with Crippen molar-refractivity contribution in [2.45, 2.75) is 24.2 Å². The van der Waals surface area contributed by atoms with Crippen LogP contribution in [0.4, 0.5) is 26.3 Å². The smallest absolute Gasteiger partial charge is 0.258 e. The highest BCUT2D eigenvalue weighted by Crippen LogP contribution is 2.27. The number of hydrogen-bond acceptors (Lipinski definition) is 6. The van der Waals surface area contributed by atoms with E-state index in [2.05, 4.69) is 8.37 Å². The van der Waals surface area contributed by atoms with Crippen LogP contribution in [0.5, 0.6) is 0 Å². The molecule has 166 valence electrons. The topological polar surface area (TPSA) is 86.7 Å². The molecule has 0 spiro atoms. The first kappa shape index (κ1) is 24.1. The van der Waals surface area contributed by atoms with Gasteiger partial charge in [-0.25, -0.2) is 0 Å². The van der Waals surface area contributed by atoms with Gasteiger partial charge in [0.1, 0.15) is 0 Å². The number of alkyl halides is 6. The first-order valence-electron chi connectivity index (χ1n) is 7.72. The zero-order valence-electron chi connectivity index (χ0n) is 14.6. The molecule has 2 aromatic carbocycles. The zero-order chi connectivity index (χ0) is 22.8. The van der Waals surface area contributed by atoms with Crippen LogP contribution in [-0.4, -0.2) is 27.9 Å². The van der Waals surface area contributed by atoms with Crippen molar-refractivity contribution < 1.29 is 51.5 Å². The average Bonchev–Trinajstić information content (AvgIpc) is 2.64. The van der Waals surface area contributed by atoms with Gasteiger partial charge in [0.25, 0.3) is 0 Å². The molecule has 0 aromatic heterocycles. The molecule has 6 nitrogen and oxygen atoms in total. The number of rotatable bonds is 7. The SMILES string of the molecule is O=S(=O)(OCc1ccc(-c2ccc(COS(=O)(=O)C(F)(F)F)cc2)cc1)C(F)(F)F. The first-order valence-corrected chi connectivity index (χ1v) is 10.5. The van der Waals surface area contributed by atoms with Gasteiger partial charge in [-0.3, -0.25) is 8.37 Å². The van der Waals surface area contributed by atoms with Crippen molar-refractivity contribution in [1.29, 1.82) is 0 Å². The maximum Gasteiger partial charge on any atom is 0.523 e. The van der Waals surface area contributed by atoms with E-state index < -0.39 is 44.5 Å². The van der Waals surface area contributed by atoms with Crippen LogP contribution in [0.2, 0.25) is 0 Å². The molecule has 0 saturated heterocycles. The first-order chi connectivity index (χ1) is 13.6. The molecule has 0 bridgehead atoms. The fourth-order valence-corrected chi connectivity index (χ4v) is 2.86. The molecule has 0 atom stereocenters. The van der Waals surface area contributed by atoms with E-state index >= 15 is 0 Å². The fraction of sp³-hybridized carbons (Fsp3) is 0.250. The summed E-state index contributed by atoms with van der Waals surface area (Å²) in [6.45, 7) is -1.65. The molecule has 0 saturated carbocycles. The highest BCUT2D eigenvalue weighted by molar-refractivity contribution is 7.87. The molecule has 2 aromatic rings. The summed E-state index contributed by atoms with van der Waals surface area (Å²) in [7, 11) is -11.4. The van der Waals surface area contributed by atoms with Crippen LogP contribution in [0.25, 0.3) is 11.1 Å². The Morgan fingerprint density at radius 1 is 0.567 bits per heavy atom. The van der Waals surface area contributed by atoms with Crippen molar-refractivity contribution in [3.63, 3.8) is 0 Å². The summed E-state index contributed by atoms with van der Waals surface area (Å²) >= 11 is 0. The van der Waals surface area contributed by atoms with Crippen molar-refractivity contribution in [2.75, 3.05) is 0 Å². The number of benzene rings is 2. The third kappa shape index (κ3) is 5.93. The summed E-state index contributed by atoms with van der Waals surface area (Å²) in [6.07, 6.45) is 0. The quantitative estimate of drug-likeness (QED) is 0.339. The van der Waals surface area contributed by atoms with Gasteiger partial charge in [0.2, 0.25) is 0 Å². The molecule has 0 unspecified atom stereocenters. The lowest BCUT2D eigenvalue weighted by molar-refractivity contribution is -0.0552. The zero-order valence-corrected chi connectivity index (χ0v) is 16.2. The van der Waals surface area contributed by atoms with E-state index in [0.717, 1.165) is 0 Å². The van der Waals surface area contributed by atoms with E-state index in [1.807, 2.05) is 0 Å². The van der Waals surface area contributed by atoms with Gasteiger partial charge < -0.3 is 0 Å². The molecule has 0 aliphatic heterocycles. The summed E-state index contributed by atoms with van der Waals surface area (Å²) in [4.78, 5) is 0. The molecular formula is C16H12F6O6S2. The maximum absolute atomic E-state index is 12.2. The Morgan fingerprint density at radius 2 is 0.833 bits per heavy atom. The van der Waals surface area contributed by atoms with E-state index in [9.17, 15) is 43.2 Å². The second kappa shape index (κ2) is 8.53. The minimum Gasteiger partial charge on any atom is -0.258 e. The van der Waals surface area contributed by atoms with Crippen molar-refractivity contribution in [3.8, 4) is 11.1 Å². The van der Waals surface area contributed by atoms with Gasteiger partial charge >= 0.3 is 31.3 Å². The molecule has 0 radical (unpaired) electrons. The third-order valence-corrected chi connectivity index (χ3v) is 5.56. The monoisotopic (exact) mass is 478 g/mol. The molecule has 0 aliphatic rings. The standard InChI is InChI=1S/C16H12F6O6S2/c17-15(18,19)29(23,24)27-9-11-1-5-13(6-2-11)14-7-3-12(4-8-14)10-28-30(25,26)16(20,21)22/h1-8H,9-10H2. The highest BCUT2D eigenvalue weighted by Gasteiger charge is 2.48. The Balaban J connectivity index is 2.02. The number of hydrogen-bond donors (Lipinski definition) is 0. The van der Waals surface area contributed by atoms with Crippen LogP contribution in [0, 0.1) is 0 Å². The molecule has 2 rings (SSSR count). The highest BCUT2D eigenvalue weighted by atomic mass is 32.2. The molecule has 0 amide bonds. The lowest BCUT2D eigenvalue weighted by Gasteiger charge is -2.10. The van der Waals surface area contributed by atoms with Crippen LogP contribution < -0.4 is 0 Å². The molecule has 0 fully saturated rings. The Kier molecular flexibility index (Phi) is 6.85. The van der Waals surface area contributed by atoms with Crippen molar-refractivity contribution in [2.24, 2.45) is 0 Å². The van der Waals surface area contributed by atoms with Gasteiger partial charge in [-0.1, -0.05) is 48.5 Å². The summed E-state index contributed by atoms with van der Waals surface area (Å²) in [5.74, 6) is 0. The Bertz CT molecular complexity index is 984. The van der Waals surface area contributed by atoms with Crippen LogP contribution in [0.15, 0.2) is 48.5 Å². The van der Waals surface area contributed by atoms with E-state index in [4.69, 9.17) is 0 Å². The summed E-state index contributed by atoms with van der Waals surface area (Å²) in [5, 5.41) is 0. The molecule has 0 heterocycles. The van der Waals surface area contributed by atoms with Crippen LogP contribution in [-0.2, 0) is 41.8 Å². The van der Waals surface area contributed by atoms with Crippen molar-refractivity contribution in [1.82, 2.24) is 0 Å². The van der Waals surface area contributed by atoms with E-state index in [1.165, 1.54) is 48.5 Å². The van der Waals surface area contributed by atoms with Gasteiger partial charge in [-0.05, 0) is 22.3 Å². The number of halogens is 6. The largest absolute Gasteiger partial charge is 0.523 e. The predicted molar refractivity (Wildman–Crippen MR) is 91.4 cm³/mol. The molecule has 14 heteroatoms. The lowest BCUT2D eigenvalue weighted by atomic mass is 10.0. The van der Waals surface area contributed by atoms with Gasteiger partial charge in [0.15, 0.2) is 0 Å². The third-order valence-electron chi connectivity index (χ3n) is 3.57. The van der Waals surface area contributed by atoms with E-state index in [-0.39, 0.29) is 11.1 Å². The maximum atomic E-state index is 12.2. The van der Waals surface area contributed by atoms with Crippen LogP contribution in [0.3, 0.4) is 0 Å². The minimum absolute atomic E-state index is 0.147. The Hall–Kier alpha value is -2.16. The summed E-state index contributed by atoms with van der Waals surface area (Å²) < 4.78 is 125. The second-order valence-corrected chi connectivity index (χ2v) is 8.93. The van der Waals surface area contributed by atoms with Gasteiger partial charge in [-0.2, -0.15) is 43.2 Å². The minimum atomic E-state index is -5.71. The second-order valence-electron chi connectivity index (χ2n) is 5.72.